The van der Waals surface area contributed by atoms with Gasteiger partial charge in [-0.25, -0.2) is 0 Å². The van der Waals surface area contributed by atoms with Gasteiger partial charge >= 0.3 is 5.97 Å². The Morgan fingerprint density at radius 1 is 1.33 bits per heavy atom. The molecule has 1 heterocycles. The number of hydrogen-bond donors (Lipinski definition) is 2. The Morgan fingerprint density at radius 3 is 2.46 bits per heavy atom. The van der Waals surface area contributed by atoms with Gasteiger partial charge in [0.1, 0.15) is 11.6 Å². The number of rotatable bonds is 9. The lowest BCUT2D eigenvalue weighted by atomic mass is 9.97. The van der Waals surface area contributed by atoms with Crippen LogP contribution in [0.1, 0.15) is 33.1 Å². The summed E-state index contributed by atoms with van der Waals surface area (Å²) < 4.78 is 0. The van der Waals surface area contributed by atoms with Crippen molar-refractivity contribution in [1.82, 2.24) is 15.1 Å². The monoisotopic (exact) mass is 336 g/mol. The van der Waals surface area contributed by atoms with Gasteiger partial charge in [0.05, 0.1) is 5.92 Å². The number of carboxylic acids is 1. The van der Waals surface area contributed by atoms with Gasteiger partial charge in [-0.05, 0) is 38.9 Å². The number of hydrogen-bond acceptors (Lipinski definition) is 5. The predicted octanol–water partition coefficient (Wildman–Crippen LogP) is 1.04. The summed E-state index contributed by atoms with van der Waals surface area (Å²) in [6.45, 7) is 8.73. The molecule has 7 heteroatoms. The summed E-state index contributed by atoms with van der Waals surface area (Å²) in [4.78, 5) is 27.1. The molecule has 24 heavy (non-hydrogen) atoms. The van der Waals surface area contributed by atoms with Crippen molar-refractivity contribution >= 4 is 11.9 Å². The van der Waals surface area contributed by atoms with Crippen molar-refractivity contribution in [2.75, 3.05) is 39.3 Å². The standard InChI is InChI=1S/C17H28N4O3/c1-3-20(4-2)9-5-8-19-13-15(12-18)16(22)21-10-6-14(7-11-21)17(23)24/h13-14,19H,3-11H2,1-2H3,(H,23,24)/b15-13-. The Morgan fingerprint density at radius 2 is 1.96 bits per heavy atom. The molecule has 0 aromatic heterocycles. The van der Waals surface area contributed by atoms with Gasteiger partial charge in [-0.15, -0.1) is 0 Å². The minimum absolute atomic E-state index is 0.0756. The number of carboxylic acid groups (broad SMARTS) is 1. The number of nitriles is 1. The molecule has 1 saturated heterocycles. The fourth-order valence-electron chi connectivity index (χ4n) is 2.76. The SMILES string of the molecule is CCN(CC)CCCN/C=C(/C#N)C(=O)N1CCC(C(=O)O)CC1. The third-order valence-corrected chi connectivity index (χ3v) is 4.42. The van der Waals surface area contributed by atoms with E-state index < -0.39 is 5.97 Å². The molecule has 1 aliphatic rings. The summed E-state index contributed by atoms with van der Waals surface area (Å²) in [7, 11) is 0. The Bertz CT molecular complexity index is 487. The van der Waals surface area contributed by atoms with E-state index in [1.54, 1.807) is 4.90 Å². The molecule has 0 atom stereocenters. The first kappa shape index (κ1) is 20.0. The van der Waals surface area contributed by atoms with Crippen molar-refractivity contribution in [3.63, 3.8) is 0 Å². The van der Waals surface area contributed by atoms with Crippen molar-refractivity contribution in [2.24, 2.45) is 5.92 Å². The van der Waals surface area contributed by atoms with Crippen LogP contribution in [0, 0.1) is 17.2 Å². The van der Waals surface area contributed by atoms with Gasteiger partial charge in [-0.3, -0.25) is 9.59 Å². The summed E-state index contributed by atoms with van der Waals surface area (Å²) in [5, 5.41) is 21.2. The van der Waals surface area contributed by atoms with Crippen LogP contribution in [0.3, 0.4) is 0 Å². The van der Waals surface area contributed by atoms with E-state index in [1.807, 2.05) is 6.07 Å². The van der Waals surface area contributed by atoms with Crippen LogP contribution in [0.4, 0.5) is 0 Å². The maximum Gasteiger partial charge on any atom is 0.306 e. The van der Waals surface area contributed by atoms with Crippen LogP contribution in [0.5, 0.6) is 0 Å². The number of nitrogens with one attached hydrogen (secondary N) is 1. The van der Waals surface area contributed by atoms with E-state index >= 15 is 0 Å². The predicted molar refractivity (Wildman–Crippen MR) is 91.0 cm³/mol. The second-order valence-electron chi connectivity index (χ2n) is 5.91. The van der Waals surface area contributed by atoms with Gasteiger partial charge < -0.3 is 20.2 Å². The average molecular weight is 336 g/mol. The summed E-state index contributed by atoms with van der Waals surface area (Å²) in [5.41, 5.74) is 0.0756. The molecule has 0 radical (unpaired) electrons. The molecular weight excluding hydrogens is 308 g/mol. The van der Waals surface area contributed by atoms with E-state index in [2.05, 4.69) is 24.1 Å². The number of piperidine rings is 1. The normalized spacial score (nSPS) is 16.1. The largest absolute Gasteiger partial charge is 0.481 e. The van der Waals surface area contributed by atoms with E-state index in [-0.39, 0.29) is 17.4 Å². The first-order valence-electron chi connectivity index (χ1n) is 8.61. The summed E-state index contributed by atoms with van der Waals surface area (Å²) >= 11 is 0. The van der Waals surface area contributed by atoms with Gasteiger partial charge in [-0.1, -0.05) is 13.8 Å². The molecule has 0 bridgehead atoms. The topological polar surface area (TPSA) is 96.7 Å². The minimum Gasteiger partial charge on any atom is -0.481 e. The molecular formula is C17H28N4O3. The molecule has 0 aliphatic carbocycles. The molecule has 1 amide bonds. The van der Waals surface area contributed by atoms with Crippen molar-refractivity contribution < 1.29 is 14.7 Å². The third kappa shape index (κ3) is 6.20. The Kier molecular flexibility index (Phi) is 8.87. The summed E-state index contributed by atoms with van der Waals surface area (Å²) in [6, 6.07) is 1.94. The molecule has 0 aromatic carbocycles. The molecule has 1 rings (SSSR count). The quantitative estimate of drug-likeness (QED) is 0.371. The fraction of sp³-hybridized carbons (Fsp3) is 0.706. The number of amides is 1. The number of carbonyl (C=O) groups excluding carboxylic acids is 1. The van der Waals surface area contributed by atoms with E-state index in [9.17, 15) is 14.9 Å². The molecule has 0 spiro atoms. The number of carbonyl (C=O) groups is 2. The van der Waals surface area contributed by atoms with Crippen LogP contribution in [-0.2, 0) is 9.59 Å². The van der Waals surface area contributed by atoms with Crippen LogP contribution >= 0.6 is 0 Å². The molecule has 0 aromatic rings. The highest BCUT2D eigenvalue weighted by atomic mass is 16.4. The van der Waals surface area contributed by atoms with Gasteiger partial charge in [-0.2, -0.15) is 5.26 Å². The lowest BCUT2D eigenvalue weighted by Crippen LogP contribution is -2.41. The second-order valence-corrected chi connectivity index (χ2v) is 5.91. The third-order valence-electron chi connectivity index (χ3n) is 4.42. The van der Waals surface area contributed by atoms with Crippen molar-refractivity contribution in [3.8, 4) is 6.07 Å². The van der Waals surface area contributed by atoms with Gasteiger partial charge in [0.2, 0.25) is 0 Å². The maximum atomic E-state index is 12.3. The van der Waals surface area contributed by atoms with E-state index in [0.717, 1.165) is 26.1 Å². The molecule has 1 aliphatic heterocycles. The highest BCUT2D eigenvalue weighted by molar-refractivity contribution is 5.97. The smallest absolute Gasteiger partial charge is 0.306 e. The van der Waals surface area contributed by atoms with Crippen LogP contribution in [0.2, 0.25) is 0 Å². The molecule has 2 N–H and O–H groups in total. The Labute approximate surface area is 143 Å². The van der Waals surface area contributed by atoms with Gasteiger partial charge in [0.15, 0.2) is 0 Å². The van der Waals surface area contributed by atoms with E-state index in [0.29, 0.717) is 32.5 Å². The highest BCUT2D eigenvalue weighted by Crippen LogP contribution is 2.18. The average Bonchev–Trinajstić information content (AvgIpc) is 2.61. The molecule has 1 fully saturated rings. The molecule has 0 saturated carbocycles. The highest BCUT2D eigenvalue weighted by Gasteiger charge is 2.28. The summed E-state index contributed by atoms with van der Waals surface area (Å²) in [5.74, 6) is -1.52. The van der Waals surface area contributed by atoms with Crippen LogP contribution in [-0.4, -0.2) is 66.1 Å². The lowest BCUT2D eigenvalue weighted by Gasteiger charge is -2.29. The zero-order valence-corrected chi connectivity index (χ0v) is 14.6. The Balaban J connectivity index is 2.41. The number of aliphatic carboxylic acids is 1. The second kappa shape index (κ2) is 10.7. The molecule has 134 valence electrons. The number of nitrogens with zero attached hydrogens (tertiary/aromatic N) is 3. The maximum absolute atomic E-state index is 12.3. The van der Waals surface area contributed by atoms with Gasteiger partial charge in [0.25, 0.3) is 5.91 Å². The summed E-state index contributed by atoms with van der Waals surface area (Å²) in [6.07, 6.45) is 3.30. The number of likely N-dealkylation sites (tertiary alicyclic amines) is 1. The first-order valence-corrected chi connectivity index (χ1v) is 8.61. The molecule has 0 unspecified atom stereocenters. The van der Waals surface area contributed by atoms with Crippen LogP contribution in [0.25, 0.3) is 0 Å². The first-order chi connectivity index (χ1) is 11.5. The lowest BCUT2D eigenvalue weighted by molar-refractivity contribution is -0.145. The zero-order chi connectivity index (χ0) is 17.9. The molecule has 7 nitrogen and oxygen atoms in total. The van der Waals surface area contributed by atoms with E-state index in [1.165, 1.54) is 6.20 Å². The zero-order valence-electron chi connectivity index (χ0n) is 14.6. The van der Waals surface area contributed by atoms with Crippen molar-refractivity contribution in [1.29, 1.82) is 5.26 Å². The minimum atomic E-state index is -0.812. The van der Waals surface area contributed by atoms with Crippen molar-refractivity contribution in [2.45, 2.75) is 33.1 Å². The van der Waals surface area contributed by atoms with Gasteiger partial charge in [0, 0.05) is 25.8 Å². The van der Waals surface area contributed by atoms with Crippen LogP contribution < -0.4 is 5.32 Å². The Hall–Kier alpha value is -2.07. The van der Waals surface area contributed by atoms with E-state index in [4.69, 9.17) is 5.11 Å². The fourth-order valence-corrected chi connectivity index (χ4v) is 2.76. The van der Waals surface area contributed by atoms with Crippen molar-refractivity contribution in [3.05, 3.63) is 11.8 Å². The van der Waals surface area contributed by atoms with Crippen LogP contribution in [0.15, 0.2) is 11.8 Å².